The van der Waals surface area contributed by atoms with Crippen LogP contribution in [0.3, 0.4) is 0 Å². The van der Waals surface area contributed by atoms with Gasteiger partial charge in [-0.05, 0) is 18.8 Å². The molecule has 0 aromatic rings. The van der Waals surface area contributed by atoms with E-state index in [1.807, 2.05) is 0 Å². The molecule has 52 valence electrons. The van der Waals surface area contributed by atoms with Crippen LogP contribution in [-0.2, 0) is 9.53 Å². The summed E-state index contributed by atoms with van der Waals surface area (Å²) in [4.78, 5) is 10.5. The summed E-state index contributed by atoms with van der Waals surface area (Å²) in [5, 5.41) is 0. The molecule has 1 aliphatic carbocycles. The molecule has 0 saturated heterocycles. The van der Waals surface area contributed by atoms with E-state index in [0.29, 0.717) is 5.92 Å². The highest BCUT2D eigenvalue weighted by Crippen LogP contribution is 2.33. The number of primary amides is 1. The van der Waals surface area contributed by atoms with E-state index in [1.54, 1.807) is 0 Å². The highest BCUT2D eigenvalue weighted by Gasteiger charge is 2.34. The van der Waals surface area contributed by atoms with Crippen LogP contribution in [0.4, 0.5) is 0 Å². The van der Waals surface area contributed by atoms with Crippen LogP contribution in [-0.4, -0.2) is 19.1 Å². The highest BCUT2D eigenvalue weighted by atomic mass is 16.5. The quantitative estimate of drug-likeness (QED) is 0.578. The standard InChI is InChI=1S/C6H11NO2/c1-9-5(6(7)8)4-2-3-4/h4-5H,2-3H2,1H3,(H2,7,8). The van der Waals surface area contributed by atoms with Gasteiger partial charge in [0.2, 0.25) is 5.91 Å². The minimum absolute atomic E-state index is 0.329. The zero-order valence-corrected chi connectivity index (χ0v) is 5.46. The summed E-state index contributed by atoms with van der Waals surface area (Å²) in [7, 11) is 1.52. The van der Waals surface area contributed by atoms with Crippen LogP contribution in [0.1, 0.15) is 12.8 Å². The normalized spacial score (nSPS) is 21.4. The van der Waals surface area contributed by atoms with E-state index in [-0.39, 0.29) is 12.0 Å². The van der Waals surface area contributed by atoms with Crippen LogP contribution in [0.15, 0.2) is 0 Å². The van der Waals surface area contributed by atoms with Crippen molar-refractivity contribution in [3.8, 4) is 0 Å². The number of amides is 1. The maximum Gasteiger partial charge on any atom is 0.246 e. The maximum absolute atomic E-state index is 10.5. The molecule has 1 aliphatic rings. The van der Waals surface area contributed by atoms with E-state index < -0.39 is 0 Å². The largest absolute Gasteiger partial charge is 0.371 e. The number of carbonyl (C=O) groups is 1. The van der Waals surface area contributed by atoms with E-state index in [0.717, 1.165) is 12.8 Å². The molecule has 0 aliphatic heterocycles. The van der Waals surface area contributed by atoms with Crippen molar-refractivity contribution in [2.45, 2.75) is 18.9 Å². The van der Waals surface area contributed by atoms with E-state index in [9.17, 15) is 4.79 Å². The first-order valence-corrected chi connectivity index (χ1v) is 3.08. The first-order chi connectivity index (χ1) is 4.25. The van der Waals surface area contributed by atoms with Crippen molar-refractivity contribution in [1.29, 1.82) is 0 Å². The van der Waals surface area contributed by atoms with E-state index in [2.05, 4.69) is 0 Å². The van der Waals surface area contributed by atoms with Gasteiger partial charge in [0.25, 0.3) is 0 Å². The fourth-order valence-corrected chi connectivity index (χ4v) is 0.940. The number of rotatable bonds is 3. The van der Waals surface area contributed by atoms with Crippen LogP contribution >= 0.6 is 0 Å². The Kier molecular flexibility index (Phi) is 1.71. The molecule has 0 aromatic heterocycles. The highest BCUT2D eigenvalue weighted by molar-refractivity contribution is 5.79. The molecule has 3 heteroatoms. The van der Waals surface area contributed by atoms with Gasteiger partial charge in [-0.1, -0.05) is 0 Å². The molecule has 0 heterocycles. The molecule has 1 saturated carbocycles. The van der Waals surface area contributed by atoms with Gasteiger partial charge in [-0.2, -0.15) is 0 Å². The third-order valence-electron chi connectivity index (χ3n) is 1.58. The summed E-state index contributed by atoms with van der Waals surface area (Å²) in [5.74, 6) is 0.0764. The SMILES string of the molecule is COC(C(N)=O)C1CC1. The van der Waals surface area contributed by atoms with Gasteiger partial charge in [0.1, 0.15) is 6.10 Å². The van der Waals surface area contributed by atoms with Crippen LogP contribution in [0.2, 0.25) is 0 Å². The fourth-order valence-electron chi connectivity index (χ4n) is 0.940. The Balaban J connectivity index is 2.37. The van der Waals surface area contributed by atoms with Gasteiger partial charge in [0.15, 0.2) is 0 Å². The Labute approximate surface area is 54.2 Å². The molecule has 0 radical (unpaired) electrons. The molecule has 0 bridgehead atoms. The zero-order valence-electron chi connectivity index (χ0n) is 5.46. The first-order valence-electron chi connectivity index (χ1n) is 3.08. The Morgan fingerprint density at radius 2 is 2.33 bits per heavy atom. The summed E-state index contributed by atoms with van der Waals surface area (Å²) in [5.41, 5.74) is 5.02. The monoisotopic (exact) mass is 129 g/mol. The Morgan fingerprint density at radius 1 is 1.78 bits per heavy atom. The first kappa shape index (κ1) is 6.55. The lowest BCUT2D eigenvalue weighted by atomic mass is 10.2. The predicted octanol–water partition coefficient (Wildman–Crippen LogP) is -0.103. The second-order valence-electron chi connectivity index (χ2n) is 2.40. The minimum atomic E-state index is -0.333. The smallest absolute Gasteiger partial charge is 0.246 e. The van der Waals surface area contributed by atoms with Crippen LogP contribution in [0, 0.1) is 5.92 Å². The third kappa shape index (κ3) is 1.42. The molecule has 3 nitrogen and oxygen atoms in total. The summed E-state index contributed by atoms with van der Waals surface area (Å²) >= 11 is 0. The van der Waals surface area contributed by atoms with Crippen LogP contribution in [0.25, 0.3) is 0 Å². The fraction of sp³-hybridized carbons (Fsp3) is 0.833. The number of hydrogen-bond acceptors (Lipinski definition) is 2. The summed E-state index contributed by atoms with van der Waals surface area (Å²) in [6, 6.07) is 0. The lowest BCUT2D eigenvalue weighted by molar-refractivity contribution is -0.128. The second kappa shape index (κ2) is 2.35. The van der Waals surface area contributed by atoms with E-state index in [4.69, 9.17) is 10.5 Å². The van der Waals surface area contributed by atoms with Crippen molar-refractivity contribution in [1.82, 2.24) is 0 Å². The average Bonchev–Trinajstić information content (AvgIpc) is 2.50. The zero-order chi connectivity index (χ0) is 6.85. The molecule has 1 fully saturated rings. The van der Waals surface area contributed by atoms with Gasteiger partial charge in [-0.15, -0.1) is 0 Å². The van der Waals surface area contributed by atoms with Gasteiger partial charge < -0.3 is 10.5 Å². The van der Waals surface area contributed by atoms with E-state index in [1.165, 1.54) is 7.11 Å². The molecule has 1 unspecified atom stereocenters. The topological polar surface area (TPSA) is 52.3 Å². The summed E-state index contributed by atoms with van der Waals surface area (Å²) < 4.78 is 4.86. The molecule has 1 rings (SSSR count). The number of carbonyl (C=O) groups excluding carboxylic acids is 1. The van der Waals surface area contributed by atoms with Gasteiger partial charge >= 0.3 is 0 Å². The van der Waals surface area contributed by atoms with Crippen molar-refractivity contribution in [2.75, 3.05) is 7.11 Å². The van der Waals surface area contributed by atoms with Crippen LogP contribution < -0.4 is 5.73 Å². The number of nitrogens with two attached hydrogens (primary N) is 1. The van der Waals surface area contributed by atoms with Crippen molar-refractivity contribution in [3.05, 3.63) is 0 Å². The molecule has 0 aromatic carbocycles. The molecule has 0 spiro atoms. The van der Waals surface area contributed by atoms with Crippen molar-refractivity contribution >= 4 is 5.91 Å². The Morgan fingerprint density at radius 3 is 2.44 bits per heavy atom. The van der Waals surface area contributed by atoms with Crippen LogP contribution in [0.5, 0.6) is 0 Å². The summed E-state index contributed by atoms with van der Waals surface area (Å²) in [6.07, 6.45) is 1.84. The van der Waals surface area contributed by atoms with Gasteiger partial charge in [-0.25, -0.2) is 0 Å². The van der Waals surface area contributed by atoms with Crippen molar-refractivity contribution in [3.63, 3.8) is 0 Å². The molecular formula is C6H11NO2. The second-order valence-corrected chi connectivity index (χ2v) is 2.40. The molecule has 1 amide bonds. The average molecular weight is 129 g/mol. The third-order valence-corrected chi connectivity index (χ3v) is 1.58. The number of methoxy groups -OCH3 is 1. The Hall–Kier alpha value is -0.570. The maximum atomic E-state index is 10.5. The van der Waals surface area contributed by atoms with Gasteiger partial charge in [-0.3, -0.25) is 4.79 Å². The molecule has 1 atom stereocenters. The van der Waals surface area contributed by atoms with Gasteiger partial charge in [0, 0.05) is 7.11 Å². The van der Waals surface area contributed by atoms with E-state index >= 15 is 0 Å². The molecule has 2 N–H and O–H groups in total. The number of ether oxygens (including phenoxy) is 1. The minimum Gasteiger partial charge on any atom is -0.371 e. The van der Waals surface area contributed by atoms with Crippen molar-refractivity contribution < 1.29 is 9.53 Å². The predicted molar refractivity (Wildman–Crippen MR) is 32.7 cm³/mol. The van der Waals surface area contributed by atoms with Gasteiger partial charge in [0.05, 0.1) is 0 Å². The molecular weight excluding hydrogens is 118 g/mol. The lowest BCUT2D eigenvalue weighted by Gasteiger charge is -2.07. The molecule has 9 heavy (non-hydrogen) atoms. The Bertz CT molecular complexity index is 120. The van der Waals surface area contributed by atoms with Crippen molar-refractivity contribution in [2.24, 2.45) is 11.7 Å². The number of hydrogen-bond donors (Lipinski definition) is 1. The summed E-state index contributed by atoms with van der Waals surface area (Å²) in [6.45, 7) is 0. The lowest BCUT2D eigenvalue weighted by Crippen LogP contribution is -2.31.